The molecular formula is C44H54FN11O5. The number of H-pyrrole nitrogens is 1. The highest BCUT2D eigenvalue weighted by Crippen LogP contribution is 2.42. The molecule has 8 heterocycles. The molecule has 1 saturated carbocycles. The van der Waals surface area contributed by atoms with Gasteiger partial charge < -0.3 is 29.1 Å². The zero-order chi connectivity index (χ0) is 41.9. The Labute approximate surface area is 354 Å². The van der Waals surface area contributed by atoms with Gasteiger partial charge in [0.05, 0.1) is 36.7 Å². The molecule has 4 saturated heterocycles. The van der Waals surface area contributed by atoms with Crippen LogP contribution in [0, 0.1) is 5.92 Å². The lowest BCUT2D eigenvalue weighted by atomic mass is 9.90. The molecule has 6 aliphatic rings. The van der Waals surface area contributed by atoms with Crippen molar-refractivity contribution in [3.8, 4) is 23.0 Å². The molecule has 0 spiro atoms. The van der Waals surface area contributed by atoms with E-state index in [1.165, 1.54) is 0 Å². The molecule has 1 unspecified atom stereocenters. The van der Waals surface area contributed by atoms with E-state index in [1.54, 1.807) is 24.5 Å². The molecular weight excluding hydrogens is 782 g/mol. The molecule has 4 aromatic rings. The number of hydrogen-bond donors (Lipinski definition) is 2. The number of imide groups is 1. The summed E-state index contributed by atoms with van der Waals surface area (Å²) in [7, 11) is 1.61. The van der Waals surface area contributed by atoms with Gasteiger partial charge in [0.1, 0.15) is 40.9 Å². The Morgan fingerprint density at radius 1 is 0.885 bits per heavy atom. The van der Waals surface area contributed by atoms with Crippen LogP contribution in [0.15, 0.2) is 36.8 Å². The fourth-order valence-electron chi connectivity index (χ4n) is 9.96. The fourth-order valence-corrected chi connectivity index (χ4v) is 9.96. The van der Waals surface area contributed by atoms with Crippen LogP contribution < -0.4 is 24.6 Å². The zero-order valence-corrected chi connectivity index (χ0v) is 35.0. The minimum absolute atomic E-state index is 0.119. The number of ether oxygens (including phenoxy) is 2. The number of amides is 3. The van der Waals surface area contributed by atoms with Crippen molar-refractivity contribution in [2.75, 3.05) is 82.4 Å². The summed E-state index contributed by atoms with van der Waals surface area (Å²) in [6.07, 6.45) is 9.17. The molecule has 0 radical (unpaired) electrons. The summed E-state index contributed by atoms with van der Waals surface area (Å²) in [6.45, 7) is 10.0. The Morgan fingerprint density at radius 2 is 1.67 bits per heavy atom. The molecule has 1 aromatic carbocycles. The number of fused-ring (bicyclic) bond motifs is 2. The van der Waals surface area contributed by atoms with Crippen molar-refractivity contribution in [3.05, 3.63) is 47.9 Å². The van der Waals surface area contributed by atoms with Crippen LogP contribution in [-0.4, -0.2) is 147 Å². The van der Waals surface area contributed by atoms with E-state index in [1.807, 2.05) is 24.3 Å². The van der Waals surface area contributed by atoms with Crippen molar-refractivity contribution < 1.29 is 28.2 Å². The van der Waals surface area contributed by atoms with E-state index in [2.05, 4.69) is 57.0 Å². The smallest absolute Gasteiger partial charge is 0.255 e. The summed E-state index contributed by atoms with van der Waals surface area (Å²) >= 11 is 0. The molecule has 3 amide bonds. The van der Waals surface area contributed by atoms with Crippen LogP contribution in [0.25, 0.3) is 22.3 Å². The Morgan fingerprint density at radius 3 is 2.41 bits per heavy atom. The minimum atomic E-state index is -1.21. The molecule has 2 N–H and O–H groups in total. The number of hydrogen-bond acceptors (Lipinski definition) is 13. The average Bonchev–Trinajstić information content (AvgIpc) is 3.68. The number of piperidine rings is 3. The standard InChI is InChI=1S/C44H54FN11O5/c1-43(9-10-43)61-38-21-30-33(23-46-38)50-51-39(30)32-22-36(48-27-47-32)55-13-7-28(8-14-55)24-52-15-11-44(45,12-16-52)26-53-17-19-54(20-18-53)34-4-3-29-31(40(34)60-2)25-56(42(29)59)35-5-6-37(57)49-41(35)58/h3-4,21-23,27-28,35H,5-20,24-26H2,1-2H3,(H,50,51)(H,49,57,58). The third-order valence-corrected chi connectivity index (χ3v) is 13.9. The lowest BCUT2D eigenvalue weighted by Crippen LogP contribution is -2.54. The average molecular weight is 836 g/mol. The van der Waals surface area contributed by atoms with Crippen molar-refractivity contribution in [1.29, 1.82) is 0 Å². The number of aromatic amines is 1. The van der Waals surface area contributed by atoms with Gasteiger partial charge in [0.15, 0.2) is 0 Å². The van der Waals surface area contributed by atoms with E-state index in [0.29, 0.717) is 62.0 Å². The van der Waals surface area contributed by atoms with Crippen LogP contribution in [-0.2, 0) is 16.1 Å². The number of halogens is 1. The van der Waals surface area contributed by atoms with E-state index < -0.39 is 17.6 Å². The Bertz CT molecular complexity index is 2330. The van der Waals surface area contributed by atoms with E-state index in [-0.39, 0.29) is 30.4 Å². The maximum Gasteiger partial charge on any atom is 0.255 e. The second-order valence-electron chi connectivity index (χ2n) is 18.1. The van der Waals surface area contributed by atoms with Gasteiger partial charge in [0.2, 0.25) is 17.7 Å². The summed E-state index contributed by atoms with van der Waals surface area (Å²) in [4.78, 5) is 62.2. The number of pyridine rings is 1. The van der Waals surface area contributed by atoms with Crippen molar-refractivity contribution in [1.82, 2.24) is 45.2 Å². The highest BCUT2D eigenvalue weighted by Gasteiger charge is 2.43. The van der Waals surface area contributed by atoms with Gasteiger partial charge in [-0.2, -0.15) is 5.10 Å². The van der Waals surface area contributed by atoms with Gasteiger partial charge in [-0.05, 0) is 69.9 Å². The predicted octanol–water partition coefficient (Wildman–Crippen LogP) is 3.96. The lowest BCUT2D eigenvalue weighted by molar-refractivity contribution is -0.136. The van der Waals surface area contributed by atoms with Gasteiger partial charge in [-0.15, -0.1) is 0 Å². The first-order valence-electron chi connectivity index (χ1n) is 21.9. The van der Waals surface area contributed by atoms with Gasteiger partial charge in [-0.1, -0.05) is 0 Å². The molecule has 322 valence electrons. The third-order valence-electron chi connectivity index (χ3n) is 13.9. The van der Waals surface area contributed by atoms with Crippen LogP contribution in [0.5, 0.6) is 11.6 Å². The SMILES string of the molecule is COc1c(N2CCN(CC3(F)CCN(CC4CCN(c5cc(-c6n[nH]c7cnc(OC8(C)CC8)cc67)ncn5)CC4)CC3)CC2)ccc2c1CN(C1CCC(=O)NC1=O)C2=O. The Balaban J connectivity index is 0.686. The molecule has 0 bridgehead atoms. The number of anilines is 2. The van der Waals surface area contributed by atoms with Gasteiger partial charge in [0, 0.05) is 101 Å². The van der Waals surface area contributed by atoms with Crippen molar-refractivity contribution >= 4 is 40.1 Å². The van der Waals surface area contributed by atoms with Gasteiger partial charge >= 0.3 is 0 Å². The Hall–Kier alpha value is -5.42. The second kappa shape index (κ2) is 15.8. The van der Waals surface area contributed by atoms with Crippen LogP contribution in [0.1, 0.15) is 74.2 Å². The summed E-state index contributed by atoms with van der Waals surface area (Å²) in [5, 5.41) is 11.0. The number of methoxy groups -OCH3 is 1. The van der Waals surface area contributed by atoms with Gasteiger partial charge in [-0.3, -0.25) is 29.7 Å². The van der Waals surface area contributed by atoms with Gasteiger partial charge in [-0.25, -0.2) is 19.3 Å². The first kappa shape index (κ1) is 39.7. The molecule has 10 rings (SSSR count). The first-order chi connectivity index (χ1) is 29.5. The van der Waals surface area contributed by atoms with E-state index in [0.717, 1.165) is 111 Å². The molecule has 17 heteroatoms. The number of likely N-dealkylation sites (tertiary alicyclic amines) is 1. The first-order valence-corrected chi connectivity index (χ1v) is 21.9. The van der Waals surface area contributed by atoms with Crippen molar-refractivity contribution in [3.63, 3.8) is 0 Å². The maximum atomic E-state index is 16.4. The van der Waals surface area contributed by atoms with Crippen molar-refractivity contribution in [2.24, 2.45) is 5.92 Å². The van der Waals surface area contributed by atoms with Crippen LogP contribution in [0.3, 0.4) is 0 Å². The zero-order valence-electron chi connectivity index (χ0n) is 35.0. The normalized spacial score (nSPS) is 23.4. The highest BCUT2D eigenvalue weighted by molar-refractivity contribution is 6.06. The molecule has 1 aliphatic carbocycles. The summed E-state index contributed by atoms with van der Waals surface area (Å²) in [6, 6.07) is 7.03. The number of alkyl halides is 1. The van der Waals surface area contributed by atoms with Crippen LogP contribution in [0.4, 0.5) is 15.9 Å². The topological polar surface area (TPSA) is 165 Å². The third kappa shape index (κ3) is 7.97. The van der Waals surface area contributed by atoms with E-state index in [9.17, 15) is 14.4 Å². The lowest BCUT2D eigenvalue weighted by Gasteiger charge is -2.43. The number of carbonyl (C=O) groups excluding carboxylic acids is 3. The highest BCUT2D eigenvalue weighted by atomic mass is 19.1. The summed E-state index contributed by atoms with van der Waals surface area (Å²) in [5.74, 6) is 1.73. The number of piperazine rings is 1. The number of nitrogens with zero attached hydrogens (tertiary/aromatic N) is 9. The summed E-state index contributed by atoms with van der Waals surface area (Å²) in [5.41, 5.74) is 3.22. The van der Waals surface area contributed by atoms with E-state index in [4.69, 9.17) is 9.47 Å². The molecule has 16 nitrogen and oxygen atoms in total. The second-order valence-corrected chi connectivity index (χ2v) is 18.1. The van der Waals surface area contributed by atoms with E-state index >= 15 is 4.39 Å². The number of carbonyl (C=O) groups is 3. The fraction of sp³-hybridized carbons (Fsp3) is 0.568. The molecule has 5 fully saturated rings. The maximum absolute atomic E-state index is 16.4. The minimum Gasteiger partial charge on any atom is -0.494 e. The quantitative estimate of drug-likeness (QED) is 0.209. The summed E-state index contributed by atoms with van der Waals surface area (Å²) < 4.78 is 28.4. The molecule has 61 heavy (non-hydrogen) atoms. The molecule has 5 aliphatic heterocycles. The Kier molecular flexibility index (Phi) is 10.3. The number of aromatic nitrogens is 5. The number of benzene rings is 1. The number of nitrogens with one attached hydrogen (secondary N) is 2. The van der Waals surface area contributed by atoms with Crippen molar-refractivity contribution in [2.45, 2.75) is 82.1 Å². The molecule has 1 atom stereocenters. The molecule has 3 aromatic heterocycles. The van der Waals surface area contributed by atoms with Gasteiger partial charge in [0.25, 0.3) is 5.91 Å². The monoisotopic (exact) mass is 835 g/mol. The van der Waals surface area contributed by atoms with Crippen LogP contribution >= 0.6 is 0 Å². The van der Waals surface area contributed by atoms with Crippen LogP contribution in [0.2, 0.25) is 0 Å². The number of rotatable bonds is 11. The largest absolute Gasteiger partial charge is 0.494 e. The predicted molar refractivity (Wildman–Crippen MR) is 225 cm³/mol.